The average Bonchev–Trinajstić information content (AvgIpc) is 4.12. The molecular weight excluding hydrogens is 1040 g/mol. The van der Waals surface area contributed by atoms with Crippen LogP contribution in [-0.2, 0) is 9.47 Å². The molecule has 4 aromatic heterocycles. The number of carbonyl (C=O) groups is 2. The number of rotatable bonds is 11. The summed E-state index contributed by atoms with van der Waals surface area (Å²) in [6, 6.07) is 17.2. The zero-order chi connectivity index (χ0) is 56.3. The molecule has 0 unspecified atom stereocenters. The van der Waals surface area contributed by atoms with Gasteiger partial charge in [-0.05, 0) is 77.9 Å². The van der Waals surface area contributed by atoms with Crippen LogP contribution in [0.5, 0.6) is 0 Å². The van der Waals surface area contributed by atoms with Crippen molar-refractivity contribution < 1.29 is 28.9 Å². The van der Waals surface area contributed by atoms with Crippen LogP contribution < -0.4 is 15.1 Å². The third kappa shape index (κ3) is 16.0. The summed E-state index contributed by atoms with van der Waals surface area (Å²) in [4.78, 5) is 69.8. The van der Waals surface area contributed by atoms with Gasteiger partial charge in [0, 0.05) is 189 Å². The number of nitrogens with one attached hydrogen (secondary N) is 3. The summed E-state index contributed by atoms with van der Waals surface area (Å²) in [6.45, 7) is 27.8. The fourth-order valence-electron chi connectivity index (χ4n) is 9.61. The second-order valence-electron chi connectivity index (χ2n) is 21.8. The molecule has 8 heterocycles. The Kier molecular flexibility index (Phi) is 19.2. The van der Waals surface area contributed by atoms with Gasteiger partial charge in [0.1, 0.15) is 34.2 Å². The Hall–Kier alpha value is -7.25. The molecule has 79 heavy (non-hydrogen) atoms. The van der Waals surface area contributed by atoms with E-state index in [1.165, 1.54) is 12.1 Å². The second kappa shape index (κ2) is 26.1. The van der Waals surface area contributed by atoms with E-state index in [0.29, 0.717) is 30.4 Å². The van der Waals surface area contributed by atoms with Crippen LogP contribution in [0, 0.1) is 20.2 Å². The maximum Gasteiger partial charge on any atom is 0.410 e. The summed E-state index contributed by atoms with van der Waals surface area (Å²) in [7, 11) is 0. The lowest BCUT2D eigenvalue weighted by molar-refractivity contribution is -0.384. The summed E-state index contributed by atoms with van der Waals surface area (Å²) >= 11 is 5.67. The molecule has 0 saturated carbocycles. The maximum absolute atomic E-state index is 12.3. The van der Waals surface area contributed by atoms with Gasteiger partial charge in [-0.2, -0.15) is 10.2 Å². The standard InChI is InChI=1S/C27H36N8O4.C16H16N6O2.C11H21ClN2O2/c1-27(2,3)39-26(36)34-16-12-32(13-17-34)9-8-31-10-14-33(15-11-31)24-18-20(6-7-28-24)25-22-19-21(35(37)38)4-5-23(22)29-30-25;23-22(24)12-1-2-14-13(10-12)16(20-19-14)11-3-4-18-15(9-11)21-7-5-17-6-8-21;1-11(2,3)16-10(15)14-8-6-13(5-4-12)7-9-14/h4-7,18-19H,8-17H2,1-3H3,(H,29,30);1-4,9-10,17H,5-8H2,(H,19,20);4-9H2,1-3H3. The fourth-order valence-corrected chi connectivity index (χ4v) is 9.85. The lowest BCUT2D eigenvalue weighted by Gasteiger charge is -2.38. The van der Waals surface area contributed by atoms with Crippen molar-refractivity contribution in [3.05, 3.63) is 93.3 Å². The summed E-state index contributed by atoms with van der Waals surface area (Å²) in [5, 5.41) is 41.7. The van der Waals surface area contributed by atoms with Crippen molar-refractivity contribution in [2.75, 3.05) is 140 Å². The number of carbonyl (C=O) groups excluding carboxylic acids is 2. The number of aromatic amines is 2. The molecule has 25 heteroatoms. The predicted octanol–water partition coefficient (Wildman–Crippen LogP) is 6.93. The largest absolute Gasteiger partial charge is 0.444 e. The summed E-state index contributed by atoms with van der Waals surface area (Å²) in [6.07, 6.45) is 3.09. The van der Waals surface area contributed by atoms with E-state index in [1.54, 1.807) is 46.5 Å². The highest BCUT2D eigenvalue weighted by atomic mass is 35.5. The van der Waals surface area contributed by atoms with Gasteiger partial charge in [-0.3, -0.25) is 45.1 Å². The first-order valence-electron chi connectivity index (χ1n) is 26.9. The molecular formula is C54H73ClN16O8. The van der Waals surface area contributed by atoms with Gasteiger partial charge >= 0.3 is 12.2 Å². The molecule has 6 aromatic rings. The molecule has 4 fully saturated rings. The fraction of sp³-hybridized carbons (Fsp3) is 0.519. The third-order valence-corrected chi connectivity index (χ3v) is 14.0. The lowest BCUT2D eigenvalue weighted by Crippen LogP contribution is -2.53. The Balaban J connectivity index is 0.000000174. The minimum absolute atomic E-state index is 0.0421. The number of halogens is 1. The van der Waals surface area contributed by atoms with Crippen molar-refractivity contribution in [1.29, 1.82) is 0 Å². The molecule has 3 N–H and O–H groups in total. The normalized spacial score (nSPS) is 16.9. The number of aromatic nitrogens is 6. The van der Waals surface area contributed by atoms with Gasteiger partial charge < -0.3 is 34.4 Å². The van der Waals surface area contributed by atoms with E-state index in [2.05, 4.69) is 60.2 Å². The Morgan fingerprint density at radius 2 is 0.949 bits per heavy atom. The molecule has 4 aliphatic rings. The number of ether oxygens (including phenoxy) is 2. The Bertz CT molecular complexity index is 3020. The van der Waals surface area contributed by atoms with Crippen molar-refractivity contribution in [3.63, 3.8) is 0 Å². The molecule has 2 amide bonds. The van der Waals surface area contributed by atoms with E-state index in [0.717, 1.165) is 156 Å². The van der Waals surface area contributed by atoms with E-state index in [-0.39, 0.29) is 23.6 Å². The smallest absolute Gasteiger partial charge is 0.410 e. The number of piperazine rings is 4. The number of amides is 2. The van der Waals surface area contributed by atoms with Crippen LogP contribution in [0.2, 0.25) is 0 Å². The third-order valence-electron chi connectivity index (χ3n) is 13.9. The Morgan fingerprint density at radius 1 is 0.557 bits per heavy atom. The van der Waals surface area contributed by atoms with E-state index in [1.807, 2.05) is 65.8 Å². The van der Waals surface area contributed by atoms with Gasteiger partial charge in [-0.1, -0.05) is 0 Å². The van der Waals surface area contributed by atoms with Crippen molar-refractivity contribution >= 4 is 68.6 Å². The van der Waals surface area contributed by atoms with Crippen LogP contribution in [-0.4, -0.2) is 218 Å². The van der Waals surface area contributed by atoms with Gasteiger partial charge in [0.05, 0.1) is 20.9 Å². The van der Waals surface area contributed by atoms with Gasteiger partial charge in [-0.25, -0.2) is 19.6 Å². The SMILES string of the molecule is CC(C)(C)OC(=O)N1CCN(CCCl)CC1.CC(C)(C)OC(=O)N1CCN(CCN2CCN(c3cc(-c4n[nH]c5ccc([N+](=O)[O-])cc45)ccn3)CC2)CC1.O=[N+]([O-])c1ccc2[nH]nc(-c3ccnc(N4CCNCC4)c3)c2c1. The van der Waals surface area contributed by atoms with Crippen molar-refractivity contribution in [3.8, 4) is 22.5 Å². The van der Waals surface area contributed by atoms with Crippen LogP contribution in [0.4, 0.5) is 32.6 Å². The van der Waals surface area contributed by atoms with E-state index < -0.39 is 21.0 Å². The van der Waals surface area contributed by atoms with Crippen LogP contribution in [0.15, 0.2) is 73.1 Å². The first-order valence-corrected chi connectivity index (χ1v) is 27.4. The highest BCUT2D eigenvalue weighted by Crippen LogP contribution is 2.32. The van der Waals surface area contributed by atoms with Gasteiger partial charge in [0.15, 0.2) is 0 Å². The molecule has 424 valence electrons. The van der Waals surface area contributed by atoms with E-state index >= 15 is 0 Å². The van der Waals surface area contributed by atoms with Crippen molar-refractivity contribution in [2.24, 2.45) is 0 Å². The quantitative estimate of drug-likeness (QED) is 0.0675. The number of H-pyrrole nitrogens is 2. The van der Waals surface area contributed by atoms with Gasteiger partial charge in [0.25, 0.3) is 11.4 Å². The molecule has 0 bridgehead atoms. The summed E-state index contributed by atoms with van der Waals surface area (Å²) in [5.41, 5.74) is 3.90. The van der Waals surface area contributed by atoms with E-state index in [9.17, 15) is 29.8 Å². The number of hydrogen-bond donors (Lipinski definition) is 3. The van der Waals surface area contributed by atoms with E-state index in [4.69, 9.17) is 21.1 Å². The molecule has 0 spiro atoms. The molecule has 0 radical (unpaired) electrons. The zero-order valence-electron chi connectivity index (χ0n) is 46.0. The first kappa shape index (κ1) is 57.9. The van der Waals surface area contributed by atoms with Crippen LogP contribution in [0.3, 0.4) is 0 Å². The number of benzene rings is 2. The number of nitrogens with zero attached hydrogens (tertiary/aromatic N) is 13. The highest BCUT2D eigenvalue weighted by molar-refractivity contribution is 6.18. The number of nitro groups is 2. The molecule has 10 rings (SSSR count). The van der Waals surface area contributed by atoms with Crippen molar-refractivity contribution in [2.45, 2.75) is 52.7 Å². The average molecular weight is 1110 g/mol. The number of non-ortho nitro benzene ring substituents is 2. The minimum atomic E-state index is -0.469. The number of nitro benzene ring substituents is 2. The summed E-state index contributed by atoms with van der Waals surface area (Å²) in [5.74, 6) is 2.43. The Morgan fingerprint density at radius 3 is 1.34 bits per heavy atom. The topological polar surface area (TPSA) is 257 Å². The van der Waals surface area contributed by atoms with Crippen molar-refractivity contribution in [1.82, 2.24) is 60.2 Å². The molecule has 2 aromatic carbocycles. The lowest BCUT2D eigenvalue weighted by atomic mass is 10.1. The first-order chi connectivity index (χ1) is 37.8. The second-order valence-corrected chi connectivity index (χ2v) is 22.2. The number of pyridine rings is 2. The Labute approximate surface area is 464 Å². The molecule has 24 nitrogen and oxygen atoms in total. The molecule has 4 saturated heterocycles. The number of alkyl halides is 1. The summed E-state index contributed by atoms with van der Waals surface area (Å²) < 4.78 is 10.8. The molecule has 4 aliphatic heterocycles. The molecule has 0 aliphatic carbocycles. The predicted molar refractivity (Wildman–Crippen MR) is 305 cm³/mol. The number of hydrogen-bond acceptors (Lipinski definition) is 18. The number of fused-ring (bicyclic) bond motifs is 2. The monoisotopic (exact) mass is 1110 g/mol. The highest BCUT2D eigenvalue weighted by Gasteiger charge is 2.28. The van der Waals surface area contributed by atoms with Gasteiger partial charge in [-0.15, -0.1) is 11.6 Å². The zero-order valence-corrected chi connectivity index (χ0v) is 46.8. The maximum atomic E-state index is 12.3. The van der Waals surface area contributed by atoms with Gasteiger partial charge in [0.2, 0.25) is 0 Å². The van der Waals surface area contributed by atoms with Crippen LogP contribution in [0.1, 0.15) is 41.5 Å². The molecule has 0 atom stereocenters. The van der Waals surface area contributed by atoms with Crippen LogP contribution >= 0.6 is 11.6 Å². The minimum Gasteiger partial charge on any atom is -0.444 e. The van der Waals surface area contributed by atoms with Crippen LogP contribution in [0.25, 0.3) is 44.3 Å². The number of anilines is 2.